The van der Waals surface area contributed by atoms with Crippen molar-refractivity contribution < 1.29 is 19.0 Å². The number of carboxylic acid groups (broad SMARTS) is 1. The monoisotopic (exact) mass is 295 g/mol. The molecule has 0 bridgehead atoms. The lowest BCUT2D eigenvalue weighted by molar-refractivity contribution is 0.0695. The Morgan fingerprint density at radius 1 is 1.30 bits per heavy atom. The van der Waals surface area contributed by atoms with Crippen LogP contribution >= 0.6 is 11.6 Å². The van der Waals surface area contributed by atoms with Crippen molar-refractivity contribution in [3.05, 3.63) is 52.3 Å². The van der Waals surface area contributed by atoms with E-state index in [1.54, 1.807) is 25.1 Å². The number of halogens is 2. The number of rotatable bonds is 3. The fraction of sp³-hybridized carbons (Fsp3) is 0.0714. The Labute approximate surface area is 119 Å². The molecule has 0 saturated carbocycles. The van der Waals surface area contributed by atoms with E-state index in [0.717, 1.165) is 11.6 Å². The van der Waals surface area contributed by atoms with Crippen LogP contribution in [-0.2, 0) is 0 Å². The summed E-state index contributed by atoms with van der Waals surface area (Å²) in [6, 6.07) is 7.22. The van der Waals surface area contributed by atoms with Crippen LogP contribution < -0.4 is 10.5 Å². The SMILES string of the molecule is Cc1ccc(Cl)cc1Oc1ccc(F)c(N)c1C(=O)O. The second-order valence-corrected chi connectivity index (χ2v) is 4.59. The van der Waals surface area contributed by atoms with Crippen molar-refractivity contribution in [2.24, 2.45) is 0 Å². The summed E-state index contributed by atoms with van der Waals surface area (Å²) in [5.41, 5.74) is 5.33. The summed E-state index contributed by atoms with van der Waals surface area (Å²) in [5.74, 6) is -1.83. The molecule has 0 fully saturated rings. The fourth-order valence-electron chi connectivity index (χ4n) is 1.68. The lowest BCUT2D eigenvalue weighted by atomic mass is 10.1. The van der Waals surface area contributed by atoms with Gasteiger partial charge >= 0.3 is 5.97 Å². The molecule has 0 aliphatic rings. The molecule has 0 saturated heterocycles. The number of ether oxygens (including phenoxy) is 1. The van der Waals surface area contributed by atoms with E-state index in [4.69, 9.17) is 27.2 Å². The molecule has 0 aliphatic heterocycles. The molecular weight excluding hydrogens is 285 g/mol. The van der Waals surface area contributed by atoms with Gasteiger partial charge in [0.25, 0.3) is 0 Å². The molecule has 20 heavy (non-hydrogen) atoms. The largest absolute Gasteiger partial charge is 0.477 e. The van der Waals surface area contributed by atoms with E-state index in [2.05, 4.69) is 0 Å². The van der Waals surface area contributed by atoms with Crippen LogP contribution in [0.1, 0.15) is 15.9 Å². The zero-order chi connectivity index (χ0) is 14.9. The molecule has 0 heterocycles. The van der Waals surface area contributed by atoms with Gasteiger partial charge in [-0.15, -0.1) is 0 Å². The molecule has 104 valence electrons. The molecule has 0 spiro atoms. The van der Waals surface area contributed by atoms with Crippen molar-refractivity contribution in [1.82, 2.24) is 0 Å². The maximum Gasteiger partial charge on any atom is 0.341 e. The maximum atomic E-state index is 13.3. The first-order chi connectivity index (χ1) is 9.40. The Morgan fingerprint density at radius 3 is 2.65 bits per heavy atom. The third-order valence-electron chi connectivity index (χ3n) is 2.74. The molecule has 2 rings (SSSR count). The molecule has 2 aromatic rings. The van der Waals surface area contributed by atoms with Gasteiger partial charge in [-0.25, -0.2) is 9.18 Å². The Hall–Kier alpha value is -2.27. The van der Waals surface area contributed by atoms with Gasteiger partial charge in [-0.05, 0) is 36.8 Å². The molecular formula is C14H11ClFNO3. The van der Waals surface area contributed by atoms with E-state index in [0.29, 0.717) is 10.8 Å². The number of benzene rings is 2. The topological polar surface area (TPSA) is 72.5 Å². The van der Waals surface area contributed by atoms with Crippen LogP contribution in [0.15, 0.2) is 30.3 Å². The van der Waals surface area contributed by atoms with Crippen molar-refractivity contribution in [3.63, 3.8) is 0 Å². The molecule has 0 atom stereocenters. The number of nitrogens with two attached hydrogens (primary N) is 1. The average Bonchev–Trinajstić information content (AvgIpc) is 2.38. The minimum Gasteiger partial charge on any atom is -0.477 e. The number of aryl methyl sites for hydroxylation is 1. The Morgan fingerprint density at radius 2 is 2.00 bits per heavy atom. The Balaban J connectivity index is 2.51. The number of hydrogen-bond donors (Lipinski definition) is 2. The number of aromatic carboxylic acids is 1. The van der Waals surface area contributed by atoms with Crippen LogP contribution in [0.5, 0.6) is 11.5 Å². The summed E-state index contributed by atoms with van der Waals surface area (Å²) in [5, 5.41) is 9.56. The zero-order valence-corrected chi connectivity index (χ0v) is 11.2. The molecule has 2 aromatic carbocycles. The first kappa shape index (κ1) is 14.1. The van der Waals surface area contributed by atoms with Gasteiger partial charge in [-0.1, -0.05) is 17.7 Å². The molecule has 6 heteroatoms. The van der Waals surface area contributed by atoms with E-state index < -0.39 is 23.0 Å². The van der Waals surface area contributed by atoms with Crippen molar-refractivity contribution >= 4 is 23.3 Å². The van der Waals surface area contributed by atoms with E-state index in [-0.39, 0.29) is 5.75 Å². The molecule has 4 nitrogen and oxygen atoms in total. The number of nitrogen functional groups attached to an aromatic ring is 1. The summed E-state index contributed by atoms with van der Waals surface area (Å²) in [7, 11) is 0. The fourth-order valence-corrected chi connectivity index (χ4v) is 1.84. The highest BCUT2D eigenvalue weighted by Crippen LogP contribution is 2.33. The smallest absolute Gasteiger partial charge is 0.341 e. The molecule has 0 aromatic heterocycles. The van der Waals surface area contributed by atoms with Crippen LogP contribution in [-0.4, -0.2) is 11.1 Å². The van der Waals surface area contributed by atoms with E-state index >= 15 is 0 Å². The first-order valence-corrected chi connectivity index (χ1v) is 6.03. The van der Waals surface area contributed by atoms with Gasteiger partial charge in [-0.2, -0.15) is 0 Å². The summed E-state index contributed by atoms with van der Waals surface area (Å²) in [4.78, 5) is 11.2. The van der Waals surface area contributed by atoms with Crippen LogP contribution in [0.2, 0.25) is 5.02 Å². The van der Waals surface area contributed by atoms with Crippen LogP contribution in [0.3, 0.4) is 0 Å². The summed E-state index contributed by atoms with van der Waals surface area (Å²) < 4.78 is 18.8. The Kier molecular flexibility index (Phi) is 3.81. The number of carbonyl (C=O) groups is 1. The van der Waals surface area contributed by atoms with Crippen LogP contribution in [0.25, 0.3) is 0 Å². The summed E-state index contributed by atoms with van der Waals surface area (Å²) in [6.45, 7) is 1.78. The maximum absolute atomic E-state index is 13.3. The summed E-state index contributed by atoms with van der Waals surface area (Å²) >= 11 is 5.86. The second-order valence-electron chi connectivity index (χ2n) is 4.15. The standard InChI is InChI=1S/C14H11ClFNO3/c1-7-2-3-8(15)6-11(7)20-10-5-4-9(16)13(17)12(10)14(18)19/h2-6H,17H2,1H3,(H,18,19). The van der Waals surface area contributed by atoms with Crippen molar-refractivity contribution in [2.45, 2.75) is 6.92 Å². The zero-order valence-electron chi connectivity index (χ0n) is 10.5. The van der Waals surface area contributed by atoms with Crippen LogP contribution in [0.4, 0.5) is 10.1 Å². The number of anilines is 1. The van der Waals surface area contributed by atoms with E-state index in [1.807, 2.05) is 0 Å². The minimum absolute atomic E-state index is 0.0400. The third-order valence-corrected chi connectivity index (χ3v) is 2.97. The lowest BCUT2D eigenvalue weighted by Crippen LogP contribution is -2.07. The summed E-state index contributed by atoms with van der Waals surface area (Å²) in [6.07, 6.45) is 0. The molecule has 0 unspecified atom stereocenters. The van der Waals surface area contributed by atoms with Gasteiger partial charge in [-0.3, -0.25) is 0 Å². The highest BCUT2D eigenvalue weighted by molar-refractivity contribution is 6.30. The highest BCUT2D eigenvalue weighted by Gasteiger charge is 2.19. The normalized spacial score (nSPS) is 10.3. The molecule has 0 amide bonds. The highest BCUT2D eigenvalue weighted by atomic mass is 35.5. The van der Waals surface area contributed by atoms with Crippen molar-refractivity contribution in [1.29, 1.82) is 0 Å². The molecule has 0 radical (unpaired) electrons. The van der Waals surface area contributed by atoms with Crippen LogP contribution in [0, 0.1) is 12.7 Å². The second kappa shape index (κ2) is 5.38. The molecule has 0 aliphatic carbocycles. The van der Waals surface area contributed by atoms with Gasteiger partial charge in [0.2, 0.25) is 0 Å². The average molecular weight is 296 g/mol. The quantitative estimate of drug-likeness (QED) is 0.843. The lowest BCUT2D eigenvalue weighted by Gasteiger charge is -2.13. The first-order valence-electron chi connectivity index (χ1n) is 5.65. The molecule has 3 N–H and O–H groups in total. The van der Waals surface area contributed by atoms with Gasteiger partial charge in [0.15, 0.2) is 0 Å². The van der Waals surface area contributed by atoms with Gasteiger partial charge in [0, 0.05) is 5.02 Å². The Bertz CT molecular complexity index is 688. The number of carboxylic acids is 1. The van der Waals surface area contributed by atoms with Gasteiger partial charge in [0.05, 0.1) is 5.69 Å². The van der Waals surface area contributed by atoms with Crippen molar-refractivity contribution in [2.75, 3.05) is 5.73 Å². The van der Waals surface area contributed by atoms with E-state index in [1.165, 1.54) is 6.07 Å². The van der Waals surface area contributed by atoms with E-state index in [9.17, 15) is 9.18 Å². The predicted octanol–water partition coefficient (Wildman–Crippen LogP) is 3.86. The van der Waals surface area contributed by atoms with Gasteiger partial charge < -0.3 is 15.6 Å². The predicted molar refractivity (Wildman–Crippen MR) is 74.0 cm³/mol. The third kappa shape index (κ3) is 2.67. The van der Waals surface area contributed by atoms with Gasteiger partial charge in [0.1, 0.15) is 22.9 Å². The number of hydrogen-bond acceptors (Lipinski definition) is 3. The van der Waals surface area contributed by atoms with Crippen molar-refractivity contribution in [3.8, 4) is 11.5 Å². The minimum atomic E-state index is -1.36.